The summed E-state index contributed by atoms with van der Waals surface area (Å²) in [5.41, 5.74) is 11.3. The van der Waals surface area contributed by atoms with Gasteiger partial charge in [0.25, 0.3) is 0 Å². The number of fused-ring (bicyclic) bond motifs is 3. The van der Waals surface area contributed by atoms with Crippen molar-refractivity contribution in [2.45, 2.75) is 26.4 Å². The SMILES string of the molecule is C=C(C)CNCCOC(=O)NCc1ccc(Cn2c(CC(=O)OC)nc3c(N)nc4ccccc4c32)cc1. The maximum Gasteiger partial charge on any atom is 0.407 e. The van der Waals surface area contributed by atoms with Crippen molar-refractivity contribution in [2.24, 2.45) is 0 Å². The summed E-state index contributed by atoms with van der Waals surface area (Å²) in [4.78, 5) is 33.2. The lowest BCUT2D eigenvalue weighted by Crippen LogP contribution is -2.28. The minimum atomic E-state index is -0.471. The van der Waals surface area contributed by atoms with Crippen molar-refractivity contribution < 1.29 is 19.1 Å². The largest absolute Gasteiger partial charge is 0.469 e. The first-order valence-corrected chi connectivity index (χ1v) is 12.3. The van der Waals surface area contributed by atoms with Gasteiger partial charge in [0.05, 0.1) is 18.1 Å². The van der Waals surface area contributed by atoms with Crippen LogP contribution in [0.5, 0.6) is 0 Å². The van der Waals surface area contributed by atoms with E-state index in [2.05, 4.69) is 27.2 Å². The number of esters is 1. The van der Waals surface area contributed by atoms with Crippen molar-refractivity contribution in [3.05, 3.63) is 77.6 Å². The van der Waals surface area contributed by atoms with Crippen LogP contribution in [0.4, 0.5) is 10.6 Å². The Balaban J connectivity index is 1.48. The summed E-state index contributed by atoms with van der Waals surface area (Å²) < 4.78 is 12.0. The summed E-state index contributed by atoms with van der Waals surface area (Å²) in [6, 6.07) is 15.5. The number of nitrogens with one attached hydrogen (secondary N) is 2. The second-order valence-corrected chi connectivity index (χ2v) is 9.02. The molecule has 0 bridgehead atoms. The van der Waals surface area contributed by atoms with Crippen LogP contribution in [0.25, 0.3) is 21.9 Å². The Morgan fingerprint density at radius 2 is 1.82 bits per heavy atom. The summed E-state index contributed by atoms with van der Waals surface area (Å²) in [5.74, 6) is 0.462. The highest BCUT2D eigenvalue weighted by Gasteiger charge is 2.19. The van der Waals surface area contributed by atoms with Crippen LogP contribution in [0.1, 0.15) is 23.9 Å². The Labute approximate surface area is 220 Å². The fourth-order valence-electron chi connectivity index (χ4n) is 4.10. The van der Waals surface area contributed by atoms with Crippen LogP contribution in [-0.2, 0) is 33.8 Å². The molecule has 4 rings (SSSR count). The van der Waals surface area contributed by atoms with E-state index in [9.17, 15) is 9.59 Å². The fourth-order valence-corrected chi connectivity index (χ4v) is 4.10. The molecule has 0 unspecified atom stereocenters. The lowest BCUT2D eigenvalue weighted by molar-refractivity contribution is -0.139. The van der Waals surface area contributed by atoms with Crippen LogP contribution in [0, 0.1) is 0 Å². The number of hydrogen-bond acceptors (Lipinski definition) is 8. The molecule has 4 N–H and O–H groups in total. The summed E-state index contributed by atoms with van der Waals surface area (Å²) >= 11 is 0. The Morgan fingerprint density at radius 1 is 1.08 bits per heavy atom. The number of para-hydroxylation sites is 1. The van der Waals surface area contributed by atoms with Crippen LogP contribution in [0.2, 0.25) is 0 Å². The van der Waals surface area contributed by atoms with Crippen molar-refractivity contribution in [1.29, 1.82) is 0 Å². The Bertz CT molecular complexity index is 1460. The van der Waals surface area contributed by atoms with Gasteiger partial charge >= 0.3 is 12.1 Å². The van der Waals surface area contributed by atoms with E-state index in [4.69, 9.17) is 15.2 Å². The molecule has 2 aromatic heterocycles. The molecule has 0 saturated carbocycles. The predicted molar refractivity (Wildman–Crippen MR) is 147 cm³/mol. The van der Waals surface area contributed by atoms with E-state index in [1.807, 2.05) is 60.0 Å². The number of nitrogen functional groups attached to an aromatic ring is 1. The molecule has 10 heteroatoms. The number of benzene rings is 2. The van der Waals surface area contributed by atoms with E-state index in [0.29, 0.717) is 43.3 Å². The molecule has 0 saturated heterocycles. The Morgan fingerprint density at radius 3 is 2.55 bits per heavy atom. The number of nitrogens with two attached hydrogens (primary N) is 1. The maximum absolute atomic E-state index is 12.1. The van der Waals surface area contributed by atoms with Crippen molar-refractivity contribution in [1.82, 2.24) is 25.2 Å². The van der Waals surface area contributed by atoms with E-state index in [-0.39, 0.29) is 13.0 Å². The molecule has 10 nitrogen and oxygen atoms in total. The summed E-state index contributed by atoms with van der Waals surface area (Å²) in [6.07, 6.45) is -0.465. The predicted octanol–water partition coefficient (Wildman–Crippen LogP) is 3.32. The van der Waals surface area contributed by atoms with Gasteiger partial charge in [0.1, 0.15) is 24.4 Å². The van der Waals surface area contributed by atoms with Gasteiger partial charge < -0.3 is 30.4 Å². The number of pyridine rings is 1. The minimum absolute atomic E-state index is 0.00573. The van der Waals surface area contributed by atoms with E-state index >= 15 is 0 Å². The second kappa shape index (κ2) is 12.2. The number of alkyl carbamates (subject to hydrolysis) is 1. The monoisotopic (exact) mass is 516 g/mol. The van der Waals surface area contributed by atoms with Gasteiger partial charge in [-0.15, -0.1) is 0 Å². The molecule has 38 heavy (non-hydrogen) atoms. The number of amides is 1. The molecule has 2 heterocycles. The molecule has 198 valence electrons. The average molecular weight is 517 g/mol. The van der Waals surface area contributed by atoms with Crippen LogP contribution in [0.15, 0.2) is 60.7 Å². The number of nitrogens with zero attached hydrogens (tertiary/aromatic N) is 3. The third kappa shape index (κ3) is 6.46. The first kappa shape index (κ1) is 26.6. The fraction of sp³-hybridized carbons (Fsp3) is 0.286. The molecule has 2 aromatic carbocycles. The van der Waals surface area contributed by atoms with E-state index in [1.165, 1.54) is 7.11 Å². The lowest BCUT2D eigenvalue weighted by atomic mass is 10.1. The van der Waals surface area contributed by atoms with E-state index in [1.54, 1.807) is 0 Å². The van der Waals surface area contributed by atoms with Crippen molar-refractivity contribution >= 4 is 39.8 Å². The highest BCUT2D eigenvalue weighted by atomic mass is 16.5. The third-order valence-electron chi connectivity index (χ3n) is 5.96. The number of aromatic nitrogens is 3. The van der Waals surface area contributed by atoms with Crippen molar-refractivity contribution in [3.8, 4) is 0 Å². The third-order valence-corrected chi connectivity index (χ3v) is 5.96. The Kier molecular flexibility index (Phi) is 8.55. The van der Waals surface area contributed by atoms with Crippen LogP contribution in [-0.4, -0.2) is 53.4 Å². The number of methoxy groups -OCH3 is 1. The number of imidazole rings is 1. The molecule has 0 spiro atoms. The van der Waals surface area contributed by atoms with Gasteiger partial charge in [-0.05, 0) is 24.1 Å². The zero-order valence-electron chi connectivity index (χ0n) is 21.6. The second-order valence-electron chi connectivity index (χ2n) is 9.02. The molecule has 1 amide bonds. The molecule has 0 radical (unpaired) electrons. The maximum atomic E-state index is 12.1. The topological polar surface area (TPSA) is 133 Å². The molecule has 4 aromatic rings. The van der Waals surface area contributed by atoms with Gasteiger partial charge in [0, 0.05) is 31.6 Å². The number of ether oxygens (including phenoxy) is 2. The molecular weight excluding hydrogens is 484 g/mol. The first-order valence-electron chi connectivity index (χ1n) is 12.3. The van der Waals surface area contributed by atoms with Crippen LogP contribution in [0.3, 0.4) is 0 Å². The van der Waals surface area contributed by atoms with Crippen LogP contribution < -0.4 is 16.4 Å². The molecular formula is C28H32N6O4. The zero-order chi connectivity index (χ0) is 27.1. The van der Waals surface area contributed by atoms with Crippen LogP contribution >= 0.6 is 0 Å². The van der Waals surface area contributed by atoms with Gasteiger partial charge in [-0.3, -0.25) is 4.79 Å². The lowest BCUT2D eigenvalue weighted by Gasteiger charge is -2.12. The standard InChI is InChI=1S/C28H32N6O4/c1-18(2)15-30-12-13-38-28(36)31-16-19-8-10-20(11-9-19)17-34-23(14-24(35)37-3)33-25-26(34)21-6-4-5-7-22(21)32-27(25)29/h4-11,30H,1,12-17H2,2-3H3,(H2,29,32)(H,31,36). The quantitative estimate of drug-likeness (QED) is 0.157. The molecule has 0 aliphatic carbocycles. The van der Waals surface area contributed by atoms with Gasteiger partial charge in [-0.1, -0.05) is 54.6 Å². The van der Waals surface area contributed by atoms with E-state index < -0.39 is 12.1 Å². The minimum Gasteiger partial charge on any atom is -0.469 e. The normalized spacial score (nSPS) is 11.0. The van der Waals surface area contributed by atoms with Crippen molar-refractivity contribution in [3.63, 3.8) is 0 Å². The zero-order valence-corrected chi connectivity index (χ0v) is 21.6. The molecule has 0 fully saturated rings. The molecule has 0 aliphatic rings. The summed E-state index contributed by atoms with van der Waals surface area (Å²) in [7, 11) is 1.35. The van der Waals surface area contributed by atoms with Gasteiger partial charge in [-0.25, -0.2) is 14.8 Å². The molecule has 0 aliphatic heterocycles. The number of rotatable bonds is 11. The van der Waals surface area contributed by atoms with Crippen molar-refractivity contribution in [2.75, 3.05) is 32.5 Å². The molecule has 0 atom stereocenters. The van der Waals surface area contributed by atoms with Gasteiger partial charge in [-0.2, -0.15) is 0 Å². The highest BCUT2D eigenvalue weighted by molar-refractivity contribution is 6.06. The number of anilines is 1. The average Bonchev–Trinajstić information content (AvgIpc) is 3.26. The van der Waals surface area contributed by atoms with Gasteiger partial charge in [0.15, 0.2) is 5.82 Å². The summed E-state index contributed by atoms with van der Waals surface area (Å²) in [6.45, 7) is 8.08. The van der Waals surface area contributed by atoms with Gasteiger partial charge in [0.2, 0.25) is 0 Å². The highest BCUT2D eigenvalue weighted by Crippen LogP contribution is 2.29. The first-order chi connectivity index (χ1) is 18.4. The summed E-state index contributed by atoms with van der Waals surface area (Å²) in [5, 5.41) is 6.79. The Hall–Kier alpha value is -4.44. The number of carbonyl (C=O) groups excluding carboxylic acids is 2. The smallest absolute Gasteiger partial charge is 0.407 e. The number of carbonyl (C=O) groups is 2. The van der Waals surface area contributed by atoms with E-state index in [0.717, 1.165) is 33.1 Å². The number of hydrogen-bond donors (Lipinski definition) is 3.